The third kappa shape index (κ3) is 4.68. The number of esters is 1. The molecule has 1 aromatic carbocycles. The van der Waals surface area contributed by atoms with Crippen LogP contribution in [0.15, 0.2) is 23.3 Å². The zero-order valence-electron chi connectivity index (χ0n) is 12.2. The van der Waals surface area contributed by atoms with Gasteiger partial charge in [0.2, 0.25) is 5.91 Å². The van der Waals surface area contributed by atoms with Gasteiger partial charge in [-0.1, -0.05) is 11.6 Å². The molecule has 0 saturated heterocycles. The van der Waals surface area contributed by atoms with Gasteiger partial charge in [-0.3, -0.25) is 9.59 Å². The normalized spacial score (nSPS) is 13.7. The van der Waals surface area contributed by atoms with Crippen LogP contribution in [-0.4, -0.2) is 37.2 Å². The molecule has 0 atom stereocenters. The van der Waals surface area contributed by atoms with E-state index in [2.05, 4.69) is 15.8 Å². The number of carbonyl (C=O) groups is 3. The van der Waals surface area contributed by atoms with Crippen molar-refractivity contribution in [2.75, 3.05) is 19.0 Å². The Kier molecular flexibility index (Phi) is 5.53. The van der Waals surface area contributed by atoms with Crippen molar-refractivity contribution in [3.63, 3.8) is 0 Å². The van der Waals surface area contributed by atoms with Gasteiger partial charge in [-0.05, 0) is 18.2 Å². The first-order valence-electron chi connectivity index (χ1n) is 6.65. The molecule has 8 nitrogen and oxygen atoms in total. The SMILES string of the molecule is COc1ccc(NC(=O)COC(=O)C2=NNC(=O)CC2)cc1Cl. The Hall–Kier alpha value is -2.61. The largest absolute Gasteiger partial charge is 0.495 e. The summed E-state index contributed by atoms with van der Waals surface area (Å²) in [6, 6.07) is 4.72. The van der Waals surface area contributed by atoms with Crippen molar-refractivity contribution in [2.45, 2.75) is 12.8 Å². The van der Waals surface area contributed by atoms with Crippen LogP contribution in [0.25, 0.3) is 0 Å². The summed E-state index contributed by atoms with van der Waals surface area (Å²) >= 11 is 5.94. The van der Waals surface area contributed by atoms with Gasteiger partial charge >= 0.3 is 5.97 Å². The lowest BCUT2D eigenvalue weighted by atomic mass is 10.2. The summed E-state index contributed by atoms with van der Waals surface area (Å²) in [7, 11) is 1.48. The number of hydrogen-bond donors (Lipinski definition) is 2. The molecule has 1 aromatic rings. The number of benzene rings is 1. The molecule has 122 valence electrons. The van der Waals surface area contributed by atoms with E-state index < -0.39 is 18.5 Å². The molecule has 0 fully saturated rings. The Balaban J connectivity index is 1.84. The standard InChI is InChI=1S/C14H14ClN3O5/c1-22-11-4-2-8(6-9(11)15)16-13(20)7-23-14(21)10-3-5-12(19)18-17-10/h2,4,6H,3,5,7H2,1H3,(H,16,20)(H,18,19). The molecule has 2 N–H and O–H groups in total. The second kappa shape index (κ2) is 7.59. The van der Waals surface area contributed by atoms with E-state index in [-0.39, 0.29) is 24.5 Å². The summed E-state index contributed by atoms with van der Waals surface area (Å²) in [6.45, 7) is -0.477. The molecule has 2 amide bonds. The Morgan fingerprint density at radius 1 is 1.39 bits per heavy atom. The van der Waals surface area contributed by atoms with Crippen molar-refractivity contribution in [3.05, 3.63) is 23.2 Å². The van der Waals surface area contributed by atoms with Gasteiger partial charge in [-0.25, -0.2) is 10.2 Å². The fourth-order valence-electron chi connectivity index (χ4n) is 1.78. The van der Waals surface area contributed by atoms with Crippen LogP contribution in [0, 0.1) is 0 Å². The Bertz CT molecular complexity index is 674. The number of nitrogens with one attached hydrogen (secondary N) is 2. The monoisotopic (exact) mass is 339 g/mol. The highest BCUT2D eigenvalue weighted by atomic mass is 35.5. The molecule has 1 aliphatic rings. The van der Waals surface area contributed by atoms with Crippen LogP contribution in [0.3, 0.4) is 0 Å². The van der Waals surface area contributed by atoms with Gasteiger partial charge < -0.3 is 14.8 Å². The summed E-state index contributed by atoms with van der Waals surface area (Å²) in [5, 5.41) is 6.46. The summed E-state index contributed by atoms with van der Waals surface area (Å²) < 4.78 is 9.84. The maximum atomic E-state index is 11.7. The van der Waals surface area contributed by atoms with Crippen molar-refractivity contribution < 1.29 is 23.9 Å². The van der Waals surface area contributed by atoms with Crippen LogP contribution >= 0.6 is 11.6 Å². The zero-order valence-corrected chi connectivity index (χ0v) is 13.0. The molecule has 23 heavy (non-hydrogen) atoms. The molecule has 0 saturated carbocycles. The molecule has 0 spiro atoms. The lowest BCUT2D eigenvalue weighted by Gasteiger charge is -2.11. The summed E-state index contributed by atoms with van der Waals surface area (Å²) in [5.74, 6) is -1.06. The van der Waals surface area contributed by atoms with Crippen LogP contribution in [0.5, 0.6) is 5.75 Å². The predicted octanol–water partition coefficient (Wildman–Crippen LogP) is 1.10. The first-order valence-corrected chi connectivity index (χ1v) is 7.03. The molecule has 0 bridgehead atoms. The summed E-state index contributed by atoms with van der Waals surface area (Å²) in [5.41, 5.74) is 2.70. The van der Waals surface area contributed by atoms with E-state index in [1.165, 1.54) is 13.2 Å². The van der Waals surface area contributed by atoms with Crippen molar-refractivity contribution in [1.29, 1.82) is 0 Å². The molecule has 2 rings (SSSR count). The number of hydrazone groups is 1. The number of rotatable bonds is 5. The number of hydrogen-bond acceptors (Lipinski definition) is 6. The van der Waals surface area contributed by atoms with E-state index in [4.69, 9.17) is 21.1 Å². The number of amides is 2. The molecule has 9 heteroatoms. The number of methoxy groups -OCH3 is 1. The van der Waals surface area contributed by atoms with E-state index in [9.17, 15) is 14.4 Å². The zero-order chi connectivity index (χ0) is 16.8. The van der Waals surface area contributed by atoms with E-state index in [0.717, 1.165) is 0 Å². The Morgan fingerprint density at radius 3 is 2.78 bits per heavy atom. The van der Waals surface area contributed by atoms with Crippen molar-refractivity contribution in [2.24, 2.45) is 5.10 Å². The van der Waals surface area contributed by atoms with Crippen molar-refractivity contribution >= 4 is 40.8 Å². The molecular weight excluding hydrogens is 326 g/mol. The fraction of sp³-hybridized carbons (Fsp3) is 0.286. The minimum absolute atomic E-state index is 0.0740. The maximum absolute atomic E-state index is 11.7. The lowest BCUT2D eigenvalue weighted by molar-refractivity contribution is -0.140. The van der Waals surface area contributed by atoms with Gasteiger partial charge in [-0.15, -0.1) is 0 Å². The molecule has 0 radical (unpaired) electrons. The Morgan fingerprint density at radius 2 is 2.17 bits per heavy atom. The second-order valence-corrected chi connectivity index (χ2v) is 4.97. The van der Waals surface area contributed by atoms with Gasteiger partial charge in [0.1, 0.15) is 11.5 Å². The topological polar surface area (TPSA) is 106 Å². The number of carbonyl (C=O) groups excluding carboxylic acids is 3. The number of anilines is 1. The number of ether oxygens (including phenoxy) is 2. The highest BCUT2D eigenvalue weighted by molar-refractivity contribution is 6.37. The second-order valence-electron chi connectivity index (χ2n) is 4.57. The van der Waals surface area contributed by atoms with E-state index in [1.54, 1.807) is 12.1 Å². The molecule has 0 aromatic heterocycles. The summed E-state index contributed by atoms with van der Waals surface area (Å²) in [4.78, 5) is 34.3. The van der Waals surface area contributed by atoms with Crippen LogP contribution < -0.4 is 15.5 Å². The van der Waals surface area contributed by atoms with Gasteiger partial charge in [0.05, 0.1) is 12.1 Å². The lowest BCUT2D eigenvalue weighted by Crippen LogP contribution is -2.32. The van der Waals surface area contributed by atoms with E-state index in [0.29, 0.717) is 16.5 Å². The van der Waals surface area contributed by atoms with Gasteiger partial charge in [0.15, 0.2) is 6.61 Å². The fourth-order valence-corrected chi connectivity index (χ4v) is 2.03. The van der Waals surface area contributed by atoms with Crippen LogP contribution in [0.2, 0.25) is 5.02 Å². The smallest absolute Gasteiger partial charge is 0.355 e. The van der Waals surface area contributed by atoms with Crippen LogP contribution in [-0.2, 0) is 19.1 Å². The van der Waals surface area contributed by atoms with Crippen LogP contribution in [0.4, 0.5) is 5.69 Å². The minimum Gasteiger partial charge on any atom is -0.495 e. The summed E-state index contributed by atoms with van der Waals surface area (Å²) in [6.07, 6.45) is 0.338. The molecule has 0 aliphatic carbocycles. The third-order valence-corrected chi connectivity index (χ3v) is 3.21. The Labute approximate surface area is 136 Å². The molecule has 1 heterocycles. The van der Waals surface area contributed by atoms with Crippen molar-refractivity contribution in [1.82, 2.24) is 5.43 Å². The maximum Gasteiger partial charge on any atom is 0.355 e. The third-order valence-electron chi connectivity index (χ3n) is 2.91. The van der Waals surface area contributed by atoms with Crippen molar-refractivity contribution in [3.8, 4) is 5.75 Å². The first-order chi connectivity index (χ1) is 11.0. The quantitative estimate of drug-likeness (QED) is 0.781. The first kappa shape index (κ1) is 16.8. The average Bonchev–Trinajstić information content (AvgIpc) is 2.53. The number of halogens is 1. The molecular formula is C14H14ClN3O5. The van der Waals surface area contributed by atoms with E-state index in [1.807, 2.05) is 0 Å². The van der Waals surface area contributed by atoms with Gasteiger partial charge in [0.25, 0.3) is 5.91 Å². The molecule has 0 unspecified atom stereocenters. The highest BCUT2D eigenvalue weighted by Crippen LogP contribution is 2.27. The molecule has 1 aliphatic heterocycles. The highest BCUT2D eigenvalue weighted by Gasteiger charge is 2.20. The van der Waals surface area contributed by atoms with E-state index >= 15 is 0 Å². The minimum atomic E-state index is -0.743. The average molecular weight is 340 g/mol. The van der Waals surface area contributed by atoms with Gasteiger partial charge in [0, 0.05) is 18.5 Å². The number of nitrogens with zero attached hydrogens (tertiary/aromatic N) is 1. The predicted molar refractivity (Wildman–Crippen MR) is 82.4 cm³/mol. The van der Waals surface area contributed by atoms with Gasteiger partial charge in [-0.2, -0.15) is 5.10 Å². The van der Waals surface area contributed by atoms with Crippen LogP contribution in [0.1, 0.15) is 12.8 Å².